The molecule has 0 amide bonds. The van der Waals surface area contributed by atoms with Gasteiger partial charge in [-0.3, -0.25) is 4.90 Å². The molecule has 2 heterocycles. The highest BCUT2D eigenvalue weighted by Gasteiger charge is 2.32. The number of oxazole rings is 1. The molecule has 1 aliphatic heterocycles. The average molecular weight is 328 g/mol. The molecule has 1 aromatic heterocycles. The Morgan fingerprint density at radius 3 is 2.88 bits per heavy atom. The standard InChI is InChI=1S/C20H25FN2O/c21-17-6-4-5-15(11-17)12-19-13-22-20(24-19)16-9-10-23(14-16)18-7-2-1-3-8-18/h4-6,11,13,16,18H,1-3,7-10,12,14H2/t16-/m1/s1. The van der Waals surface area contributed by atoms with E-state index in [0.29, 0.717) is 12.3 Å². The minimum absolute atomic E-state index is 0.203. The normalized spacial score (nSPS) is 23.0. The van der Waals surface area contributed by atoms with E-state index >= 15 is 0 Å². The highest BCUT2D eigenvalue weighted by Crippen LogP contribution is 2.32. The van der Waals surface area contributed by atoms with E-state index < -0.39 is 0 Å². The number of likely N-dealkylation sites (tertiary alicyclic amines) is 1. The van der Waals surface area contributed by atoms with Crippen LogP contribution in [0.1, 0.15) is 61.7 Å². The van der Waals surface area contributed by atoms with Crippen molar-refractivity contribution in [1.82, 2.24) is 9.88 Å². The number of aromatic nitrogens is 1. The van der Waals surface area contributed by atoms with Crippen LogP contribution in [0.5, 0.6) is 0 Å². The summed E-state index contributed by atoms with van der Waals surface area (Å²) in [5.74, 6) is 1.89. The number of halogens is 1. The van der Waals surface area contributed by atoms with E-state index in [9.17, 15) is 4.39 Å². The first-order valence-corrected chi connectivity index (χ1v) is 9.21. The molecule has 3 nitrogen and oxygen atoms in total. The lowest BCUT2D eigenvalue weighted by atomic mass is 9.94. The lowest BCUT2D eigenvalue weighted by molar-refractivity contribution is 0.187. The Bertz CT molecular complexity index is 678. The zero-order chi connectivity index (χ0) is 16.4. The van der Waals surface area contributed by atoms with Crippen molar-refractivity contribution in [2.24, 2.45) is 0 Å². The molecule has 2 aliphatic rings. The molecule has 0 spiro atoms. The second kappa shape index (κ2) is 7.06. The van der Waals surface area contributed by atoms with E-state index in [1.807, 2.05) is 12.3 Å². The fourth-order valence-electron chi connectivity index (χ4n) is 4.21. The number of hydrogen-bond acceptors (Lipinski definition) is 3. The second-order valence-electron chi connectivity index (χ2n) is 7.24. The van der Waals surface area contributed by atoms with Gasteiger partial charge in [-0.1, -0.05) is 31.4 Å². The van der Waals surface area contributed by atoms with E-state index in [1.165, 1.54) is 38.2 Å². The number of hydrogen-bond donors (Lipinski definition) is 0. The monoisotopic (exact) mass is 328 g/mol. The van der Waals surface area contributed by atoms with Gasteiger partial charge in [0.25, 0.3) is 0 Å². The molecule has 1 atom stereocenters. The SMILES string of the molecule is Fc1cccc(Cc2cnc([C@@H]3CCN(C4CCCCC4)C3)o2)c1. The number of nitrogens with zero attached hydrogens (tertiary/aromatic N) is 2. The van der Waals surface area contributed by atoms with Crippen molar-refractivity contribution in [1.29, 1.82) is 0 Å². The van der Waals surface area contributed by atoms with Crippen molar-refractivity contribution in [2.45, 2.75) is 56.9 Å². The van der Waals surface area contributed by atoms with E-state index in [-0.39, 0.29) is 5.82 Å². The van der Waals surface area contributed by atoms with Gasteiger partial charge in [0.15, 0.2) is 5.89 Å². The first-order chi connectivity index (χ1) is 11.8. The lowest BCUT2D eigenvalue weighted by Gasteiger charge is -2.30. The topological polar surface area (TPSA) is 29.3 Å². The molecule has 0 unspecified atom stereocenters. The summed E-state index contributed by atoms with van der Waals surface area (Å²) in [6.45, 7) is 2.24. The summed E-state index contributed by atoms with van der Waals surface area (Å²) in [5, 5.41) is 0. The highest BCUT2D eigenvalue weighted by atomic mass is 19.1. The van der Waals surface area contributed by atoms with E-state index in [4.69, 9.17) is 4.42 Å². The van der Waals surface area contributed by atoms with Crippen LogP contribution in [0, 0.1) is 5.82 Å². The van der Waals surface area contributed by atoms with Gasteiger partial charge in [0.1, 0.15) is 11.6 Å². The molecule has 4 heteroatoms. The van der Waals surface area contributed by atoms with Crippen molar-refractivity contribution in [3.8, 4) is 0 Å². The molecule has 1 aliphatic carbocycles. The molecule has 1 saturated carbocycles. The minimum Gasteiger partial charge on any atom is -0.445 e. The van der Waals surface area contributed by atoms with Crippen LogP contribution < -0.4 is 0 Å². The predicted molar refractivity (Wildman–Crippen MR) is 91.5 cm³/mol. The van der Waals surface area contributed by atoms with Gasteiger partial charge in [-0.15, -0.1) is 0 Å². The van der Waals surface area contributed by atoms with Gasteiger partial charge in [0, 0.05) is 24.9 Å². The van der Waals surface area contributed by atoms with Crippen LogP contribution in [0.3, 0.4) is 0 Å². The third-order valence-electron chi connectivity index (χ3n) is 5.50. The van der Waals surface area contributed by atoms with Gasteiger partial charge in [0.05, 0.1) is 6.20 Å². The van der Waals surface area contributed by atoms with Gasteiger partial charge in [-0.05, 0) is 43.5 Å². The molecule has 2 aromatic rings. The quantitative estimate of drug-likeness (QED) is 0.826. The second-order valence-corrected chi connectivity index (χ2v) is 7.24. The Hall–Kier alpha value is -1.68. The first kappa shape index (κ1) is 15.8. The number of benzene rings is 1. The molecule has 0 radical (unpaired) electrons. The fourth-order valence-corrected chi connectivity index (χ4v) is 4.21. The predicted octanol–water partition coefficient (Wildman–Crippen LogP) is 4.53. The van der Waals surface area contributed by atoms with E-state index in [1.54, 1.807) is 12.1 Å². The maximum atomic E-state index is 13.3. The Balaban J connectivity index is 1.38. The lowest BCUT2D eigenvalue weighted by Crippen LogP contribution is -2.34. The molecule has 1 aromatic carbocycles. The molecule has 0 bridgehead atoms. The largest absolute Gasteiger partial charge is 0.445 e. The minimum atomic E-state index is -0.203. The fraction of sp³-hybridized carbons (Fsp3) is 0.550. The zero-order valence-electron chi connectivity index (χ0n) is 14.1. The molecule has 1 saturated heterocycles. The molecule has 4 rings (SSSR count). The van der Waals surface area contributed by atoms with Crippen molar-refractivity contribution in [3.63, 3.8) is 0 Å². The Kier molecular flexibility index (Phi) is 4.65. The van der Waals surface area contributed by atoms with Gasteiger partial charge < -0.3 is 4.42 Å². The van der Waals surface area contributed by atoms with Crippen LogP contribution in [-0.4, -0.2) is 29.0 Å². The molecular formula is C20H25FN2O. The smallest absolute Gasteiger partial charge is 0.198 e. The van der Waals surface area contributed by atoms with Crippen LogP contribution in [0.25, 0.3) is 0 Å². The van der Waals surface area contributed by atoms with Gasteiger partial charge in [0.2, 0.25) is 0 Å². The van der Waals surface area contributed by atoms with Gasteiger partial charge >= 0.3 is 0 Å². The summed E-state index contributed by atoms with van der Waals surface area (Å²) < 4.78 is 19.3. The summed E-state index contributed by atoms with van der Waals surface area (Å²) in [5.41, 5.74) is 0.924. The van der Waals surface area contributed by atoms with Crippen molar-refractivity contribution in [2.75, 3.05) is 13.1 Å². The van der Waals surface area contributed by atoms with E-state index in [0.717, 1.165) is 42.8 Å². The Labute approximate surface area is 142 Å². The molecule has 0 N–H and O–H groups in total. The van der Waals surface area contributed by atoms with Crippen molar-refractivity contribution < 1.29 is 8.81 Å². The summed E-state index contributed by atoms with van der Waals surface area (Å²) in [4.78, 5) is 7.15. The summed E-state index contributed by atoms with van der Waals surface area (Å²) in [6, 6.07) is 7.45. The Morgan fingerprint density at radius 1 is 1.17 bits per heavy atom. The van der Waals surface area contributed by atoms with Crippen LogP contribution in [-0.2, 0) is 6.42 Å². The first-order valence-electron chi connectivity index (χ1n) is 9.21. The van der Waals surface area contributed by atoms with Crippen LogP contribution in [0.4, 0.5) is 4.39 Å². The maximum absolute atomic E-state index is 13.3. The van der Waals surface area contributed by atoms with Gasteiger partial charge in [-0.2, -0.15) is 0 Å². The third kappa shape index (κ3) is 3.54. The highest BCUT2D eigenvalue weighted by molar-refractivity contribution is 5.21. The van der Waals surface area contributed by atoms with Crippen LogP contribution in [0.15, 0.2) is 34.9 Å². The maximum Gasteiger partial charge on any atom is 0.198 e. The molecule has 128 valence electrons. The summed E-state index contributed by atoms with van der Waals surface area (Å²) >= 11 is 0. The van der Waals surface area contributed by atoms with Crippen molar-refractivity contribution >= 4 is 0 Å². The Morgan fingerprint density at radius 2 is 2.04 bits per heavy atom. The molecule has 2 fully saturated rings. The van der Waals surface area contributed by atoms with Crippen LogP contribution in [0.2, 0.25) is 0 Å². The van der Waals surface area contributed by atoms with E-state index in [2.05, 4.69) is 9.88 Å². The summed E-state index contributed by atoms with van der Waals surface area (Å²) in [6.07, 6.45) is 10.4. The zero-order valence-corrected chi connectivity index (χ0v) is 14.1. The molecule has 24 heavy (non-hydrogen) atoms. The summed E-state index contributed by atoms with van der Waals surface area (Å²) in [7, 11) is 0. The average Bonchev–Trinajstić information content (AvgIpc) is 3.25. The molecular weight excluding hydrogens is 303 g/mol. The number of rotatable bonds is 4. The van der Waals surface area contributed by atoms with Crippen LogP contribution >= 0.6 is 0 Å². The third-order valence-corrected chi connectivity index (χ3v) is 5.50. The van der Waals surface area contributed by atoms with Gasteiger partial charge in [-0.25, -0.2) is 9.37 Å². The van der Waals surface area contributed by atoms with Crippen molar-refractivity contribution in [3.05, 3.63) is 53.5 Å².